The van der Waals surface area contributed by atoms with Crippen LogP contribution in [0.15, 0.2) is 30.5 Å². The van der Waals surface area contributed by atoms with Crippen molar-refractivity contribution >= 4 is 17.5 Å². The second-order valence-electron chi connectivity index (χ2n) is 4.33. The van der Waals surface area contributed by atoms with Gasteiger partial charge in [0.15, 0.2) is 5.69 Å². The first-order valence-electron chi connectivity index (χ1n) is 6.06. The predicted octanol–water partition coefficient (Wildman–Crippen LogP) is 1.96. The van der Waals surface area contributed by atoms with Crippen molar-refractivity contribution in [3.05, 3.63) is 46.7 Å². The molecule has 1 heterocycles. The van der Waals surface area contributed by atoms with Gasteiger partial charge in [-0.15, -0.1) is 0 Å². The topological polar surface area (TPSA) is 79.9 Å². The predicted molar refractivity (Wildman–Crippen MR) is 74.5 cm³/mol. The molecule has 106 valence electrons. The molecule has 2 N–H and O–H groups in total. The van der Waals surface area contributed by atoms with E-state index in [1.807, 2.05) is 19.1 Å². The smallest absolute Gasteiger partial charge is 0.273 e. The van der Waals surface area contributed by atoms with Crippen LogP contribution in [0.2, 0.25) is 5.02 Å². The minimum atomic E-state index is -0.303. The lowest BCUT2D eigenvalue weighted by molar-refractivity contribution is 0.0642. The zero-order valence-electron chi connectivity index (χ0n) is 11.1. The maximum atomic E-state index is 11.9. The Hall–Kier alpha value is -1.92. The number of halogens is 1. The third-order valence-electron chi connectivity index (χ3n) is 2.91. The van der Waals surface area contributed by atoms with Crippen LogP contribution in [-0.2, 0) is 4.74 Å². The highest BCUT2D eigenvalue weighted by atomic mass is 35.5. The van der Waals surface area contributed by atoms with Crippen LogP contribution in [-0.4, -0.2) is 34.5 Å². The van der Waals surface area contributed by atoms with Crippen molar-refractivity contribution in [3.63, 3.8) is 0 Å². The molecule has 6 nitrogen and oxygen atoms in total. The fourth-order valence-corrected chi connectivity index (χ4v) is 2.07. The molecule has 0 saturated carbocycles. The summed E-state index contributed by atoms with van der Waals surface area (Å²) in [5.41, 5.74) is 1.17. The molecule has 2 atom stereocenters. The van der Waals surface area contributed by atoms with Gasteiger partial charge in [-0.1, -0.05) is 23.7 Å². The van der Waals surface area contributed by atoms with Gasteiger partial charge >= 0.3 is 0 Å². The van der Waals surface area contributed by atoms with Crippen LogP contribution in [0.3, 0.4) is 0 Å². The number of nitrogens with one attached hydrogen (secondary N) is 2. The molecule has 1 aromatic heterocycles. The Morgan fingerprint density at radius 2 is 2.10 bits per heavy atom. The maximum absolute atomic E-state index is 11.9. The summed E-state index contributed by atoms with van der Waals surface area (Å²) >= 11 is 5.86. The molecule has 0 unspecified atom stereocenters. The molecule has 0 aliphatic rings. The monoisotopic (exact) mass is 294 g/mol. The molecule has 20 heavy (non-hydrogen) atoms. The summed E-state index contributed by atoms with van der Waals surface area (Å²) in [5.74, 6) is -0.303. The van der Waals surface area contributed by atoms with Crippen molar-refractivity contribution in [2.45, 2.75) is 19.1 Å². The van der Waals surface area contributed by atoms with Crippen molar-refractivity contribution < 1.29 is 9.53 Å². The SMILES string of the molecule is CO[C@@H](c1ccc(Cl)cc1)[C@H](C)NC(=O)c1cn[nH]n1. The van der Waals surface area contributed by atoms with E-state index in [4.69, 9.17) is 16.3 Å². The Labute approximate surface area is 121 Å². The van der Waals surface area contributed by atoms with Gasteiger partial charge in [-0.25, -0.2) is 0 Å². The molecule has 0 spiro atoms. The van der Waals surface area contributed by atoms with Gasteiger partial charge in [0.25, 0.3) is 5.91 Å². The van der Waals surface area contributed by atoms with Crippen molar-refractivity contribution in [2.24, 2.45) is 0 Å². The number of rotatable bonds is 5. The summed E-state index contributed by atoms with van der Waals surface area (Å²) in [6.07, 6.45) is 1.09. The molecule has 2 rings (SSSR count). The number of methoxy groups -OCH3 is 1. The lowest BCUT2D eigenvalue weighted by atomic mass is 10.0. The Morgan fingerprint density at radius 1 is 1.40 bits per heavy atom. The summed E-state index contributed by atoms with van der Waals surface area (Å²) in [6, 6.07) is 7.08. The highest BCUT2D eigenvalue weighted by molar-refractivity contribution is 6.30. The number of hydrogen-bond donors (Lipinski definition) is 2. The molecule has 0 saturated heterocycles. The number of nitrogens with zero attached hydrogens (tertiary/aromatic N) is 2. The largest absolute Gasteiger partial charge is 0.375 e. The molecule has 0 aliphatic heterocycles. The summed E-state index contributed by atoms with van der Waals surface area (Å²) in [4.78, 5) is 11.9. The lowest BCUT2D eigenvalue weighted by Crippen LogP contribution is -2.38. The summed E-state index contributed by atoms with van der Waals surface area (Å²) in [7, 11) is 1.60. The minimum Gasteiger partial charge on any atom is -0.375 e. The van der Waals surface area contributed by atoms with Crippen molar-refractivity contribution in [1.29, 1.82) is 0 Å². The first kappa shape index (κ1) is 14.5. The standard InChI is InChI=1S/C13H15ClN4O2/c1-8(16-13(19)11-7-15-18-17-11)12(20-2)9-3-5-10(14)6-4-9/h3-8,12H,1-2H3,(H,16,19)(H,15,17,18)/t8-,12+/m0/s1. The highest BCUT2D eigenvalue weighted by Gasteiger charge is 2.22. The molecule has 0 bridgehead atoms. The Kier molecular flexibility index (Phi) is 4.70. The van der Waals surface area contributed by atoms with E-state index < -0.39 is 0 Å². The molecule has 2 aromatic rings. The Bertz CT molecular complexity index is 556. The molecule has 1 amide bonds. The summed E-state index contributed by atoms with van der Waals surface area (Å²) in [6.45, 7) is 1.86. The lowest BCUT2D eigenvalue weighted by Gasteiger charge is -2.23. The molecular weight excluding hydrogens is 280 g/mol. The number of carbonyl (C=O) groups is 1. The number of ether oxygens (including phenoxy) is 1. The number of H-pyrrole nitrogens is 1. The summed E-state index contributed by atoms with van der Waals surface area (Å²) in [5, 5.41) is 13.2. The van der Waals surface area contributed by atoms with Crippen molar-refractivity contribution in [3.8, 4) is 0 Å². The number of carbonyl (C=O) groups excluding carboxylic acids is 1. The zero-order chi connectivity index (χ0) is 14.5. The van der Waals surface area contributed by atoms with Gasteiger partial charge in [-0.05, 0) is 24.6 Å². The van der Waals surface area contributed by atoms with E-state index in [9.17, 15) is 4.79 Å². The Balaban J connectivity index is 2.07. The van der Waals surface area contributed by atoms with E-state index in [0.717, 1.165) is 5.56 Å². The molecule has 0 aliphatic carbocycles. The maximum Gasteiger partial charge on any atom is 0.273 e. The van der Waals surface area contributed by atoms with Crippen LogP contribution in [0.25, 0.3) is 0 Å². The van der Waals surface area contributed by atoms with Crippen LogP contribution in [0.4, 0.5) is 0 Å². The van der Waals surface area contributed by atoms with Crippen LogP contribution in [0.1, 0.15) is 29.1 Å². The third-order valence-corrected chi connectivity index (χ3v) is 3.16. The van der Waals surface area contributed by atoms with E-state index in [-0.39, 0.29) is 23.7 Å². The van der Waals surface area contributed by atoms with E-state index in [0.29, 0.717) is 5.02 Å². The summed E-state index contributed by atoms with van der Waals surface area (Å²) < 4.78 is 5.45. The van der Waals surface area contributed by atoms with Crippen LogP contribution < -0.4 is 5.32 Å². The van der Waals surface area contributed by atoms with Crippen molar-refractivity contribution in [1.82, 2.24) is 20.7 Å². The van der Waals surface area contributed by atoms with Gasteiger partial charge in [0.05, 0.1) is 12.2 Å². The van der Waals surface area contributed by atoms with Crippen LogP contribution in [0.5, 0.6) is 0 Å². The first-order chi connectivity index (χ1) is 9.61. The second kappa shape index (κ2) is 6.49. The van der Waals surface area contributed by atoms with Gasteiger partial charge in [0, 0.05) is 12.1 Å². The fraction of sp³-hybridized carbons (Fsp3) is 0.308. The molecule has 0 fully saturated rings. The molecule has 1 aromatic carbocycles. The van der Waals surface area contributed by atoms with E-state index in [1.165, 1.54) is 6.20 Å². The molecule has 7 heteroatoms. The quantitative estimate of drug-likeness (QED) is 0.883. The normalized spacial score (nSPS) is 13.8. The third kappa shape index (κ3) is 3.34. The zero-order valence-corrected chi connectivity index (χ0v) is 11.9. The molecule has 0 radical (unpaired) electrons. The number of amides is 1. The van der Waals surface area contributed by atoms with Gasteiger partial charge in [-0.2, -0.15) is 15.4 Å². The Morgan fingerprint density at radius 3 is 2.65 bits per heavy atom. The average Bonchev–Trinajstić information content (AvgIpc) is 2.96. The number of hydrogen-bond acceptors (Lipinski definition) is 4. The van der Waals surface area contributed by atoms with E-state index >= 15 is 0 Å². The van der Waals surface area contributed by atoms with Gasteiger partial charge in [0.1, 0.15) is 6.10 Å². The van der Waals surface area contributed by atoms with Crippen molar-refractivity contribution in [2.75, 3.05) is 7.11 Å². The second-order valence-corrected chi connectivity index (χ2v) is 4.76. The van der Waals surface area contributed by atoms with Crippen LogP contribution in [0, 0.1) is 0 Å². The number of aromatic nitrogens is 3. The van der Waals surface area contributed by atoms with Gasteiger partial charge in [-0.3, -0.25) is 4.79 Å². The van der Waals surface area contributed by atoms with Gasteiger partial charge < -0.3 is 10.1 Å². The van der Waals surface area contributed by atoms with E-state index in [1.54, 1.807) is 19.2 Å². The van der Waals surface area contributed by atoms with Crippen LogP contribution >= 0.6 is 11.6 Å². The van der Waals surface area contributed by atoms with E-state index in [2.05, 4.69) is 20.7 Å². The number of benzene rings is 1. The average molecular weight is 295 g/mol. The minimum absolute atomic E-state index is 0.231. The fourth-order valence-electron chi connectivity index (χ4n) is 1.95. The first-order valence-corrected chi connectivity index (χ1v) is 6.44. The molecular formula is C13H15ClN4O2. The van der Waals surface area contributed by atoms with Gasteiger partial charge in [0.2, 0.25) is 0 Å². The highest BCUT2D eigenvalue weighted by Crippen LogP contribution is 2.22. The number of aromatic amines is 1.